The number of nitrogens with one attached hydrogen (secondary N) is 1. The molecule has 0 aromatic heterocycles. The summed E-state index contributed by atoms with van der Waals surface area (Å²) in [4.78, 5) is 13.4. The van der Waals surface area contributed by atoms with Crippen LogP contribution in [0, 0.1) is 17.2 Å². The van der Waals surface area contributed by atoms with Gasteiger partial charge >= 0.3 is 6.03 Å². The first-order valence-electron chi connectivity index (χ1n) is 6.51. The van der Waals surface area contributed by atoms with Crippen LogP contribution < -0.4 is 5.32 Å². The van der Waals surface area contributed by atoms with Crippen LogP contribution in [0.5, 0.6) is 0 Å². The fourth-order valence-corrected chi connectivity index (χ4v) is 2.29. The number of carbonyl (C=O) groups excluding carboxylic acids is 1. The average Bonchev–Trinajstić information content (AvgIpc) is 2.38. The summed E-state index contributed by atoms with van der Waals surface area (Å²) in [5.41, 5.74) is -0.633. The fraction of sp³-hybridized carbons (Fsp3) is 0.846. The molecule has 0 bridgehead atoms. The molecule has 1 aliphatic carbocycles. The SMILES string of the molecule is CCC1CCC(C#N)(NC(=O)N(C)CC)CC1. The molecule has 0 radical (unpaired) electrons. The normalized spacial score (nSPS) is 28.2. The van der Waals surface area contributed by atoms with Crippen molar-refractivity contribution in [3.63, 3.8) is 0 Å². The van der Waals surface area contributed by atoms with Gasteiger partial charge in [-0.1, -0.05) is 13.3 Å². The third-order valence-corrected chi connectivity index (χ3v) is 3.92. The topological polar surface area (TPSA) is 56.1 Å². The van der Waals surface area contributed by atoms with Gasteiger partial charge in [-0.05, 0) is 38.5 Å². The maximum atomic E-state index is 11.8. The van der Waals surface area contributed by atoms with Crippen LogP contribution in [0.15, 0.2) is 0 Å². The molecule has 0 aliphatic heterocycles. The first kappa shape index (κ1) is 13.8. The molecule has 17 heavy (non-hydrogen) atoms. The standard InChI is InChI=1S/C13H23N3O/c1-4-11-6-8-13(10-14,9-7-11)15-12(17)16(3)5-2/h11H,4-9H2,1-3H3,(H,15,17). The van der Waals surface area contributed by atoms with Crippen LogP contribution in [0.1, 0.15) is 46.0 Å². The first-order valence-corrected chi connectivity index (χ1v) is 6.51. The van der Waals surface area contributed by atoms with Gasteiger partial charge < -0.3 is 10.2 Å². The summed E-state index contributed by atoms with van der Waals surface area (Å²) in [5.74, 6) is 0.720. The summed E-state index contributed by atoms with van der Waals surface area (Å²) in [6.07, 6.45) is 4.82. The van der Waals surface area contributed by atoms with Gasteiger partial charge in [-0.15, -0.1) is 0 Å². The van der Waals surface area contributed by atoms with E-state index in [4.69, 9.17) is 0 Å². The molecule has 2 amide bonds. The quantitative estimate of drug-likeness (QED) is 0.820. The number of carbonyl (C=O) groups is 1. The van der Waals surface area contributed by atoms with Crippen molar-refractivity contribution >= 4 is 6.03 Å². The molecule has 0 heterocycles. The summed E-state index contributed by atoms with van der Waals surface area (Å²) >= 11 is 0. The Morgan fingerprint density at radius 1 is 1.47 bits per heavy atom. The highest BCUT2D eigenvalue weighted by Gasteiger charge is 2.36. The van der Waals surface area contributed by atoms with Crippen LogP contribution in [0.3, 0.4) is 0 Å². The summed E-state index contributed by atoms with van der Waals surface area (Å²) in [6.45, 7) is 4.77. The Hall–Kier alpha value is -1.24. The van der Waals surface area contributed by atoms with E-state index in [1.54, 1.807) is 11.9 Å². The van der Waals surface area contributed by atoms with E-state index in [-0.39, 0.29) is 6.03 Å². The van der Waals surface area contributed by atoms with Gasteiger partial charge in [0, 0.05) is 13.6 Å². The summed E-state index contributed by atoms with van der Waals surface area (Å²) in [5, 5.41) is 12.2. The van der Waals surface area contributed by atoms with Crippen molar-refractivity contribution in [2.24, 2.45) is 5.92 Å². The van der Waals surface area contributed by atoms with E-state index < -0.39 is 5.54 Å². The van der Waals surface area contributed by atoms with Crippen molar-refractivity contribution in [3.05, 3.63) is 0 Å². The van der Waals surface area contributed by atoms with Gasteiger partial charge in [0.15, 0.2) is 0 Å². The van der Waals surface area contributed by atoms with Crippen LogP contribution in [0.4, 0.5) is 4.79 Å². The Balaban J connectivity index is 2.60. The van der Waals surface area contributed by atoms with Gasteiger partial charge in [-0.25, -0.2) is 4.79 Å². The zero-order valence-electron chi connectivity index (χ0n) is 11.1. The molecule has 0 unspecified atom stereocenters. The summed E-state index contributed by atoms with van der Waals surface area (Å²) in [6, 6.07) is 2.18. The van der Waals surface area contributed by atoms with Gasteiger partial charge in [0.05, 0.1) is 6.07 Å². The van der Waals surface area contributed by atoms with E-state index >= 15 is 0 Å². The molecule has 0 aromatic rings. The zero-order valence-corrected chi connectivity index (χ0v) is 11.1. The Morgan fingerprint density at radius 2 is 2.06 bits per heavy atom. The first-order chi connectivity index (χ1) is 8.06. The molecule has 0 spiro atoms. The molecule has 1 saturated carbocycles. The summed E-state index contributed by atoms with van der Waals surface area (Å²) in [7, 11) is 1.75. The Bertz CT molecular complexity index is 300. The summed E-state index contributed by atoms with van der Waals surface area (Å²) < 4.78 is 0. The average molecular weight is 237 g/mol. The van der Waals surface area contributed by atoms with Crippen LogP contribution in [-0.2, 0) is 0 Å². The molecule has 1 rings (SSSR count). The lowest BCUT2D eigenvalue weighted by Crippen LogP contribution is -2.53. The Morgan fingerprint density at radius 3 is 2.47 bits per heavy atom. The highest BCUT2D eigenvalue weighted by molar-refractivity contribution is 5.75. The predicted octanol–water partition coefficient (Wildman–Crippen LogP) is 2.51. The lowest BCUT2D eigenvalue weighted by Gasteiger charge is -2.36. The second-order valence-corrected chi connectivity index (χ2v) is 4.99. The molecular formula is C13H23N3O. The van der Waals surface area contributed by atoms with E-state index in [2.05, 4.69) is 18.3 Å². The number of nitriles is 1. The van der Waals surface area contributed by atoms with Crippen molar-refractivity contribution in [1.29, 1.82) is 5.26 Å². The largest absolute Gasteiger partial charge is 0.328 e. The maximum Gasteiger partial charge on any atom is 0.318 e. The molecule has 1 N–H and O–H groups in total. The van der Waals surface area contributed by atoms with E-state index in [9.17, 15) is 10.1 Å². The van der Waals surface area contributed by atoms with E-state index in [1.807, 2.05) is 6.92 Å². The molecule has 1 fully saturated rings. The molecular weight excluding hydrogens is 214 g/mol. The number of rotatable bonds is 3. The highest BCUT2D eigenvalue weighted by atomic mass is 16.2. The zero-order chi connectivity index (χ0) is 12.9. The van der Waals surface area contributed by atoms with Crippen molar-refractivity contribution in [1.82, 2.24) is 10.2 Å². The van der Waals surface area contributed by atoms with Crippen molar-refractivity contribution in [2.75, 3.05) is 13.6 Å². The second-order valence-electron chi connectivity index (χ2n) is 4.99. The maximum absolute atomic E-state index is 11.8. The van der Waals surface area contributed by atoms with Crippen LogP contribution in [0.2, 0.25) is 0 Å². The number of hydrogen-bond donors (Lipinski definition) is 1. The molecule has 4 heteroatoms. The fourth-order valence-electron chi connectivity index (χ4n) is 2.29. The monoisotopic (exact) mass is 237 g/mol. The molecule has 1 aliphatic rings. The Labute approximate surface area is 104 Å². The minimum Gasteiger partial charge on any atom is -0.328 e. The Kier molecular flexibility index (Phi) is 4.80. The van der Waals surface area contributed by atoms with Gasteiger partial charge in [0.2, 0.25) is 0 Å². The van der Waals surface area contributed by atoms with Crippen molar-refractivity contribution < 1.29 is 4.79 Å². The van der Waals surface area contributed by atoms with Gasteiger partial charge in [0.25, 0.3) is 0 Å². The number of nitrogens with zero attached hydrogens (tertiary/aromatic N) is 2. The molecule has 0 atom stereocenters. The van der Waals surface area contributed by atoms with E-state index in [0.29, 0.717) is 6.54 Å². The molecule has 4 nitrogen and oxygen atoms in total. The third kappa shape index (κ3) is 3.36. The minimum atomic E-state index is -0.633. The van der Waals surface area contributed by atoms with E-state index in [0.717, 1.165) is 31.6 Å². The van der Waals surface area contributed by atoms with Crippen molar-refractivity contribution in [2.45, 2.75) is 51.5 Å². The van der Waals surface area contributed by atoms with Crippen LogP contribution in [-0.4, -0.2) is 30.1 Å². The lowest BCUT2D eigenvalue weighted by molar-refractivity contribution is 0.183. The third-order valence-electron chi connectivity index (χ3n) is 3.92. The molecule has 0 saturated heterocycles. The highest BCUT2D eigenvalue weighted by Crippen LogP contribution is 2.33. The van der Waals surface area contributed by atoms with Gasteiger partial charge in [0.1, 0.15) is 5.54 Å². The number of amides is 2. The van der Waals surface area contributed by atoms with E-state index in [1.165, 1.54) is 6.42 Å². The van der Waals surface area contributed by atoms with Crippen molar-refractivity contribution in [3.8, 4) is 6.07 Å². The molecule has 0 aromatic carbocycles. The molecule has 96 valence electrons. The second kappa shape index (κ2) is 5.90. The van der Waals surface area contributed by atoms with Crippen LogP contribution >= 0.6 is 0 Å². The number of hydrogen-bond acceptors (Lipinski definition) is 2. The number of urea groups is 1. The van der Waals surface area contributed by atoms with Crippen LogP contribution in [0.25, 0.3) is 0 Å². The van der Waals surface area contributed by atoms with Gasteiger partial charge in [-0.3, -0.25) is 0 Å². The lowest BCUT2D eigenvalue weighted by atomic mass is 9.76. The minimum absolute atomic E-state index is 0.135. The van der Waals surface area contributed by atoms with Gasteiger partial charge in [-0.2, -0.15) is 5.26 Å². The smallest absolute Gasteiger partial charge is 0.318 e. The predicted molar refractivity (Wildman–Crippen MR) is 67.4 cm³/mol.